The van der Waals surface area contributed by atoms with Gasteiger partial charge >= 0.3 is 6.18 Å². The molecule has 0 saturated carbocycles. The summed E-state index contributed by atoms with van der Waals surface area (Å²) in [6, 6.07) is 12.2. The maximum Gasteiger partial charge on any atom is 0.416 e. The molecular formula is C19H23F3N4. The zero-order chi connectivity index (χ0) is 19.7. The van der Waals surface area contributed by atoms with Crippen LogP contribution >= 0.6 is 0 Å². The Hall–Kier alpha value is -2.67. The highest BCUT2D eigenvalue weighted by atomic mass is 19.4. The highest BCUT2D eigenvalue weighted by Crippen LogP contribution is 2.31. The average molecular weight is 364 g/mol. The second-order valence-corrected chi connectivity index (χ2v) is 5.18. The smallest absolute Gasteiger partial charge is 0.324 e. The quantitative estimate of drug-likeness (QED) is 0.529. The van der Waals surface area contributed by atoms with Gasteiger partial charge in [-0.2, -0.15) is 13.2 Å². The highest BCUT2D eigenvalue weighted by molar-refractivity contribution is 5.90. The second-order valence-electron chi connectivity index (χ2n) is 5.18. The molecule has 0 spiro atoms. The molecule has 2 rings (SSSR count). The van der Waals surface area contributed by atoms with Crippen molar-refractivity contribution in [3.63, 3.8) is 0 Å². The minimum atomic E-state index is -4.34. The van der Waals surface area contributed by atoms with Gasteiger partial charge in [-0.15, -0.1) is 0 Å². The minimum absolute atomic E-state index is 0.0407. The average Bonchev–Trinajstić information content (AvgIpc) is 2.67. The number of nitrogens with one attached hydrogen (secondary N) is 2. The summed E-state index contributed by atoms with van der Waals surface area (Å²) in [6.45, 7) is 4.38. The van der Waals surface area contributed by atoms with Crippen molar-refractivity contribution in [1.82, 2.24) is 4.90 Å². The number of hydrogen-bond acceptors (Lipinski definition) is 3. The molecule has 26 heavy (non-hydrogen) atoms. The third-order valence-electron chi connectivity index (χ3n) is 3.55. The van der Waals surface area contributed by atoms with E-state index < -0.39 is 11.7 Å². The molecular weight excluding hydrogens is 341 g/mol. The Balaban J connectivity index is 0.00000163. The molecule has 2 aromatic carbocycles. The van der Waals surface area contributed by atoms with Gasteiger partial charge in [0.25, 0.3) is 0 Å². The third kappa shape index (κ3) is 5.70. The standard InChI is InChI=1S/C17H17F3N4.C2H6/c18-17(19,20)15-7-5-14(6-8-15)13-3-1-12(2-4-13)10-24(11-22)16(23)9-21;1-2/h1-8,11,22-23H,9-10,21H2;1-2H3. The van der Waals surface area contributed by atoms with E-state index in [9.17, 15) is 13.2 Å². The molecule has 0 atom stereocenters. The molecule has 0 amide bonds. The molecule has 0 aliphatic carbocycles. The summed E-state index contributed by atoms with van der Waals surface area (Å²) in [5, 5.41) is 15.0. The molecule has 0 radical (unpaired) electrons. The van der Waals surface area contributed by atoms with E-state index in [-0.39, 0.29) is 12.4 Å². The maximum absolute atomic E-state index is 12.6. The molecule has 7 heteroatoms. The number of halogens is 3. The van der Waals surface area contributed by atoms with Crippen LogP contribution in [0.2, 0.25) is 0 Å². The Kier molecular flexibility index (Phi) is 7.99. The first kappa shape index (κ1) is 21.4. The van der Waals surface area contributed by atoms with Crippen molar-refractivity contribution in [3.05, 3.63) is 59.7 Å². The molecule has 2 aromatic rings. The van der Waals surface area contributed by atoms with Gasteiger partial charge in [-0.05, 0) is 28.8 Å². The number of alkyl halides is 3. The highest BCUT2D eigenvalue weighted by Gasteiger charge is 2.29. The van der Waals surface area contributed by atoms with Crippen LogP contribution in [0, 0.1) is 10.8 Å². The summed E-state index contributed by atoms with van der Waals surface area (Å²) in [5.74, 6) is 0.136. The van der Waals surface area contributed by atoms with Crippen molar-refractivity contribution in [2.75, 3.05) is 6.54 Å². The molecule has 0 aliphatic heterocycles. The minimum Gasteiger partial charge on any atom is -0.324 e. The third-order valence-corrected chi connectivity index (χ3v) is 3.55. The van der Waals surface area contributed by atoms with Crippen molar-refractivity contribution in [2.45, 2.75) is 26.6 Å². The molecule has 0 fully saturated rings. The Labute approximate surface area is 151 Å². The fourth-order valence-corrected chi connectivity index (χ4v) is 2.19. The summed E-state index contributed by atoms with van der Waals surface area (Å²) in [6.07, 6.45) is -3.30. The van der Waals surface area contributed by atoms with E-state index in [4.69, 9.17) is 16.6 Å². The largest absolute Gasteiger partial charge is 0.416 e. The molecule has 4 nitrogen and oxygen atoms in total. The summed E-state index contributed by atoms with van der Waals surface area (Å²) < 4.78 is 37.7. The van der Waals surface area contributed by atoms with Crippen LogP contribution in [0.25, 0.3) is 11.1 Å². The summed E-state index contributed by atoms with van der Waals surface area (Å²) >= 11 is 0. The zero-order valence-corrected chi connectivity index (χ0v) is 14.8. The number of hydrogen-bond donors (Lipinski definition) is 3. The van der Waals surface area contributed by atoms with Crippen LogP contribution < -0.4 is 5.73 Å². The molecule has 0 bridgehead atoms. The number of nitrogens with zero attached hydrogens (tertiary/aromatic N) is 1. The monoisotopic (exact) mass is 364 g/mol. The summed E-state index contributed by atoms with van der Waals surface area (Å²) in [4.78, 5) is 1.41. The Morgan fingerprint density at radius 1 is 1.00 bits per heavy atom. The zero-order valence-electron chi connectivity index (χ0n) is 14.8. The van der Waals surface area contributed by atoms with Crippen molar-refractivity contribution in [3.8, 4) is 11.1 Å². The number of benzene rings is 2. The van der Waals surface area contributed by atoms with Gasteiger partial charge in [0.2, 0.25) is 0 Å². The molecule has 4 N–H and O–H groups in total. The first-order valence-electron chi connectivity index (χ1n) is 8.16. The van der Waals surface area contributed by atoms with Gasteiger partial charge in [-0.3, -0.25) is 10.8 Å². The molecule has 0 aromatic heterocycles. The van der Waals surface area contributed by atoms with Gasteiger partial charge in [0.15, 0.2) is 0 Å². The molecule has 0 unspecified atom stereocenters. The van der Waals surface area contributed by atoms with E-state index in [0.29, 0.717) is 12.1 Å². The van der Waals surface area contributed by atoms with Crippen molar-refractivity contribution < 1.29 is 13.2 Å². The van der Waals surface area contributed by atoms with Crippen molar-refractivity contribution in [2.24, 2.45) is 5.73 Å². The molecule has 0 saturated heterocycles. The van der Waals surface area contributed by atoms with Crippen LogP contribution in [0.1, 0.15) is 25.0 Å². The van der Waals surface area contributed by atoms with E-state index in [1.54, 1.807) is 12.1 Å². The fraction of sp³-hybridized carbons (Fsp3) is 0.263. The second kappa shape index (κ2) is 9.72. The van der Waals surface area contributed by atoms with Crippen LogP contribution in [0.3, 0.4) is 0 Å². The van der Waals surface area contributed by atoms with E-state index in [0.717, 1.165) is 29.6 Å². The Morgan fingerprint density at radius 3 is 1.85 bits per heavy atom. The predicted octanol–water partition coefficient (Wildman–Crippen LogP) is 4.74. The lowest BCUT2D eigenvalue weighted by Crippen LogP contribution is -2.33. The summed E-state index contributed by atoms with van der Waals surface area (Å²) in [7, 11) is 0. The SMILES string of the molecule is CC.N=CN(Cc1ccc(-c2ccc(C(F)(F)F)cc2)cc1)C(=N)CN. The Bertz CT molecular complexity index is 707. The maximum atomic E-state index is 12.6. The van der Waals surface area contributed by atoms with Crippen LogP contribution in [-0.4, -0.2) is 23.6 Å². The van der Waals surface area contributed by atoms with E-state index >= 15 is 0 Å². The van der Waals surface area contributed by atoms with Crippen LogP contribution in [-0.2, 0) is 12.7 Å². The summed E-state index contributed by atoms with van der Waals surface area (Å²) in [5.41, 5.74) is 7.07. The lowest BCUT2D eigenvalue weighted by Gasteiger charge is -2.18. The van der Waals surface area contributed by atoms with Crippen LogP contribution in [0.4, 0.5) is 13.2 Å². The number of nitrogens with two attached hydrogens (primary N) is 1. The molecule has 0 aliphatic rings. The van der Waals surface area contributed by atoms with Gasteiger partial charge in [-0.1, -0.05) is 50.2 Å². The molecule has 140 valence electrons. The van der Waals surface area contributed by atoms with E-state index in [2.05, 4.69) is 0 Å². The van der Waals surface area contributed by atoms with Crippen molar-refractivity contribution >= 4 is 12.2 Å². The lowest BCUT2D eigenvalue weighted by molar-refractivity contribution is -0.137. The number of amidine groups is 1. The van der Waals surface area contributed by atoms with E-state index in [1.807, 2.05) is 26.0 Å². The lowest BCUT2D eigenvalue weighted by atomic mass is 10.0. The van der Waals surface area contributed by atoms with Crippen molar-refractivity contribution in [1.29, 1.82) is 10.8 Å². The predicted molar refractivity (Wildman–Crippen MR) is 99.3 cm³/mol. The van der Waals surface area contributed by atoms with Gasteiger partial charge in [0.1, 0.15) is 5.84 Å². The van der Waals surface area contributed by atoms with Gasteiger partial charge in [0, 0.05) is 0 Å². The Morgan fingerprint density at radius 2 is 1.46 bits per heavy atom. The fourth-order valence-electron chi connectivity index (χ4n) is 2.19. The first-order chi connectivity index (χ1) is 12.3. The van der Waals surface area contributed by atoms with Gasteiger partial charge in [0.05, 0.1) is 25.0 Å². The van der Waals surface area contributed by atoms with Gasteiger partial charge < -0.3 is 10.6 Å². The van der Waals surface area contributed by atoms with E-state index in [1.165, 1.54) is 17.0 Å². The molecule has 0 heterocycles. The number of rotatable bonds is 5. The normalized spacial score (nSPS) is 10.5. The van der Waals surface area contributed by atoms with Crippen LogP contribution in [0.15, 0.2) is 48.5 Å². The topological polar surface area (TPSA) is 77.0 Å². The van der Waals surface area contributed by atoms with Crippen LogP contribution in [0.5, 0.6) is 0 Å². The van der Waals surface area contributed by atoms with Gasteiger partial charge in [-0.25, -0.2) is 0 Å². The first-order valence-corrected chi connectivity index (χ1v) is 8.16.